The molecule has 15 heavy (non-hydrogen) atoms. The van der Waals surface area contributed by atoms with Crippen LogP contribution in [0.25, 0.3) is 11.2 Å². The van der Waals surface area contributed by atoms with Crippen molar-refractivity contribution in [3.05, 3.63) is 28.9 Å². The van der Waals surface area contributed by atoms with Gasteiger partial charge in [0.2, 0.25) is 0 Å². The normalized spacial score (nSPS) is 11.0. The Morgan fingerprint density at radius 3 is 3.27 bits per heavy atom. The van der Waals surface area contributed by atoms with Crippen molar-refractivity contribution in [1.82, 2.24) is 14.9 Å². The Balaban J connectivity index is 2.33. The molecule has 2 aromatic rings. The molecular weight excluding hydrogens is 194 g/mol. The van der Waals surface area contributed by atoms with Gasteiger partial charge in [0.05, 0.1) is 0 Å². The Morgan fingerprint density at radius 1 is 1.60 bits per heavy atom. The van der Waals surface area contributed by atoms with Crippen molar-refractivity contribution in [2.45, 2.75) is 13.5 Å². The van der Waals surface area contributed by atoms with Gasteiger partial charge in [0.25, 0.3) is 0 Å². The molecule has 2 rings (SSSR count). The van der Waals surface area contributed by atoms with E-state index in [0.717, 1.165) is 13.1 Å². The summed E-state index contributed by atoms with van der Waals surface area (Å²) < 4.78 is 6.59. The fourth-order valence-electron chi connectivity index (χ4n) is 1.47. The summed E-state index contributed by atoms with van der Waals surface area (Å²) in [6.07, 6.45) is 1.65. The average Bonchev–Trinajstić information content (AvgIpc) is 2.56. The zero-order valence-corrected chi connectivity index (χ0v) is 8.56. The van der Waals surface area contributed by atoms with Crippen molar-refractivity contribution in [1.29, 1.82) is 0 Å². The zero-order chi connectivity index (χ0) is 10.7. The highest BCUT2D eigenvalue weighted by Crippen LogP contribution is 2.07. The van der Waals surface area contributed by atoms with Gasteiger partial charge in [-0.3, -0.25) is 4.57 Å². The molecule has 80 valence electrons. The van der Waals surface area contributed by atoms with E-state index in [9.17, 15) is 4.79 Å². The first-order valence-corrected chi connectivity index (χ1v) is 4.98. The minimum Gasteiger partial charge on any atom is -0.406 e. The number of likely N-dealkylation sites (N-methyl/N-ethyl adjacent to an activating group) is 1. The molecule has 0 saturated heterocycles. The van der Waals surface area contributed by atoms with E-state index in [1.807, 2.05) is 6.92 Å². The zero-order valence-electron chi connectivity index (χ0n) is 8.56. The van der Waals surface area contributed by atoms with Gasteiger partial charge >= 0.3 is 5.76 Å². The molecule has 0 radical (unpaired) electrons. The first-order chi connectivity index (χ1) is 7.33. The number of aromatic nitrogens is 2. The van der Waals surface area contributed by atoms with Gasteiger partial charge in [-0.25, -0.2) is 9.78 Å². The first kappa shape index (κ1) is 9.92. The van der Waals surface area contributed by atoms with E-state index in [4.69, 9.17) is 4.42 Å². The number of nitrogens with zero attached hydrogens (tertiary/aromatic N) is 2. The summed E-state index contributed by atoms with van der Waals surface area (Å²) in [5.74, 6) is -0.346. The van der Waals surface area contributed by atoms with Gasteiger partial charge in [-0.2, -0.15) is 0 Å². The Labute approximate surface area is 86.7 Å². The van der Waals surface area contributed by atoms with Gasteiger partial charge in [0.15, 0.2) is 11.2 Å². The highest BCUT2D eigenvalue weighted by Gasteiger charge is 2.08. The summed E-state index contributed by atoms with van der Waals surface area (Å²) >= 11 is 0. The van der Waals surface area contributed by atoms with Crippen molar-refractivity contribution < 1.29 is 4.42 Å². The minimum atomic E-state index is -0.346. The maximum absolute atomic E-state index is 11.5. The molecule has 5 heteroatoms. The van der Waals surface area contributed by atoms with Gasteiger partial charge in [0, 0.05) is 19.3 Å². The van der Waals surface area contributed by atoms with Crippen LogP contribution >= 0.6 is 0 Å². The van der Waals surface area contributed by atoms with E-state index >= 15 is 0 Å². The van der Waals surface area contributed by atoms with Crippen LogP contribution in [0.15, 0.2) is 27.5 Å². The second kappa shape index (κ2) is 4.27. The smallest absolute Gasteiger partial charge is 0.406 e. The van der Waals surface area contributed by atoms with Crippen molar-refractivity contribution in [3.63, 3.8) is 0 Å². The summed E-state index contributed by atoms with van der Waals surface area (Å²) in [5.41, 5.74) is 1.15. The highest BCUT2D eigenvalue weighted by molar-refractivity contribution is 5.67. The van der Waals surface area contributed by atoms with Crippen LogP contribution in [0, 0.1) is 0 Å². The van der Waals surface area contributed by atoms with Gasteiger partial charge in [-0.05, 0) is 18.7 Å². The van der Waals surface area contributed by atoms with Crippen LogP contribution in [0.1, 0.15) is 6.92 Å². The summed E-state index contributed by atoms with van der Waals surface area (Å²) in [4.78, 5) is 15.6. The topological polar surface area (TPSA) is 60.1 Å². The minimum absolute atomic E-state index is 0.346. The number of hydrogen-bond donors (Lipinski definition) is 1. The second-order valence-electron chi connectivity index (χ2n) is 3.20. The van der Waals surface area contributed by atoms with Crippen LogP contribution in [-0.4, -0.2) is 22.6 Å². The van der Waals surface area contributed by atoms with Crippen LogP contribution in [0.3, 0.4) is 0 Å². The Hall–Kier alpha value is -1.62. The number of rotatable bonds is 4. The summed E-state index contributed by atoms with van der Waals surface area (Å²) in [5, 5.41) is 3.15. The van der Waals surface area contributed by atoms with E-state index in [1.165, 1.54) is 4.57 Å². The maximum Gasteiger partial charge on any atom is 0.421 e. The van der Waals surface area contributed by atoms with Crippen molar-refractivity contribution in [2.24, 2.45) is 0 Å². The molecule has 0 aliphatic carbocycles. The fraction of sp³-hybridized carbons (Fsp3) is 0.400. The van der Waals surface area contributed by atoms with Gasteiger partial charge in [-0.15, -0.1) is 0 Å². The van der Waals surface area contributed by atoms with Crippen LogP contribution in [0.5, 0.6) is 0 Å². The molecular formula is C10H13N3O2. The largest absolute Gasteiger partial charge is 0.421 e. The lowest BCUT2D eigenvalue weighted by atomic mass is 10.4. The van der Waals surface area contributed by atoms with E-state index in [2.05, 4.69) is 10.3 Å². The maximum atomic E-state index is 11.5. The first-order valence-electron chi connectivity index (χ1n) is 4.98. The van der Waals surface area contributed by atoms with Crippen molar-refractivity contribution in [3.8, 4) is 0 Å². The van der Waals surface area contributed by atoms with Gasteiger partial charge in [-0.1, -0.05) is 6.92 Å². The van der Waals surface area contributed by atoms with E-state index in [0.29, 0.717) is 17.8 Å². The predicted molar refractivity (Wildman–Crippen MR) is 56.8 cm³/mol. The predicted octanol–water partition coefficient (Wildman–Crippen LogP) is 0.599. The molecule has 2 heterocycles. The molecule has 0 saturated carbocycles. The molecule has 0 aromatic carbocycles. The molecule has 0 spiro atoms. The van der Waals surface area contributed by atoms with Crippen LogP contribution in [-0.2, 0) is 6.54 Å². The molecule has 0 amide bonds. The Kier molecular flexibility index (Phi) is 2.82. The standard InChI is InChI=1S/C10H13N3O2/c1-2-11-6-7-13-9-8(15-10(13)14)4-3-5-12-9/h3-5,11H,2,6-7H2,1H3. The SMILES string of the molecule is CCNCCn1c(=O)oc2cccnc21. The third kappa shape index (κ3) is 1.92. The quantitative estimate of drug-likeness (QED) is 0.746. The monoisotopic (exact) mass is 207 g/mol. The average molecular weight is 207 g/mol. The number of oxazole rings is 1. The van der Waals surface area contributed by atoms with Gasteiger partial charge < -0.3 is 9.73 Å². The molecule has 0 unspecified atom stereocenters. The van der Waals surface area contributed by atoms with E-state index in [-0.39, 0.29) is 5.76 Å². The third-order valence-corrected chi connectivity index (χ3v) is 2.19. The Bertz CT molecular complexity index is 501. The lowest BCUT2D eigenvalue weighted by Gasteiger charge is -2.01. The number of fused-ring (bicyclic) bond motifs is 1. The third-order valence-electron chi connectivity index (χ3n) is 2.19. The summed E-state index contributed by atoms with van der Waals surface area (Å²) in [6, 6.07) is 3.49. The van der Waals surface area contributed by atoms with Crippen LogP contribution in [0.2, 0.25) is 0 Å². The Morgan fingerprint density at radius 2 is 2.47 bits per heavy atom. The molecule has 0 aliphatic rings. The second-order valence-corrected chi connectivity index (χ2v) is 3.20. The lowest BCUT2D eigenvalue weighted by Crippen LogP contribution is -2.24. The molecule has 0 aliphatic heterocycles. The van der Waals surface area contributed by atoms with Gasteiger partial charge in [0.1, 0.15) is 0 Å². The molecule has 5 nitrogen and oxygen atoms in total. The van der Waals surface area contributed by atoms with Crippen molar-refractivity contribution in [2.75, 3.05) is 13.1 Å². The summed E-state index contributed by atoms with van der Waals surface area (Å²) in [6.45, 7) is 4.23. The molecule has 0 fully saturated rings. The fourth-order valence-corrected chi connectivity index (χ4v) is 1.47. The van der Waals surface area contributed by atoms with Crippen molar-refractivity contribution >= 4 is 11.2 Å². The molecule has 2 aromatic heterocycles. The highest BCUT2D eigenvalue weighted by atomic mass is 16.4. The molecule has 1 N–H and O–H groups in total. The summed E-state index contributed by atoms with van der Waals surface area (Å²) in [7, 11) is 0. The molecule has 0 atom stereocenters. The van der Waals surface area contributed by atoms with E-state index in [1.54, 1.807) is 18.3 Å². The molecule has 0 bridgehead atoms. The van der Waals surface area contributed by atoms with Crippen LogP contribution < -0.4 is 11.1 Å². The number of nitrogens with one attached hydrogen (secondary N) is 1. The lowest BCUT2D eigenvalue weighted by molar-refractivity contribution is 0.496. The van der Waals surface area contributed by atoms with Crippen LogP contribution in [0.4, 0.5) is 0 Å². The number of hydrogen-bond acceptors (Lipinski definition) is 4. The van der Waals surface area contributed by atoms with E-state index < -0.39 is 0 Å². The number of pyridine rings is 1.